The Bertz CT molecular complexity index is 562. The molecule has 0 aliphatic carbocycles. The predicted molar refractivity (Wildman–Crippen MR) is 78.3 cm³/mol. The SMILES string of the molecule is CCc1ccc(OCc2ncc(C)c(N)c2C)cc1. The number of nitrogen functional groups attached to an aromatic ring is 1. The molecule has 3 heteroatoms. The standard InChI is InChI=1S/C16H20N2O/c1-4-13-5-7-14(8-6-13)19-10-15-12(3)16(17)11(2)9-18-15/h5-9H,4,10H2,1-3H3,(H2,17,18). The van der Waals surface area contributed by atoms with Crippen molar-refractivity contribution in [1.82, 2.24) is 4.98 Å². The quantitative estimate of drug-likeness (QED) is 0.911. The zero-order chi connectivity index (χ0) is 13.8. The van der Waals surface area contributed by atoms with Crippen LogP contribution in [0.15, 0.2) is 30.5 Å². The predicted octanol–water partition coefficient (Wildman–Crippen LogP) is 3.42. The molecule has 0 aliphatic heterocycles. The van der Waals surface area contributed by atoms with E-state index in [-0.39, 0.29) is 0 Å². The lowest BCUT2D eigenvalue weighted by Gasteiger charge is -2.11. The van der Waals surface area contributed by atoms with Gasteiger partial charge in [-0.2, -0.15) is 0 Å². The average molecular weight is 256 g/mol. The maximum Gasteiger partial charge on any atom is 0.131 e. The van der Waals surface area contributed by atoms with E-state index in [9.17, 15) is 0 Å². The van der Waals surface area contributed by atoms with Crippen LogP contribution in [0.4, 0.5) is 5.69 Å². The van der Waals surface area contributed by atoms with Crippen molar-refractivity contribution in [1.29, 1.82) is 0 Å². The van der Waals surface area contributed by atoms with Crippen LogP contribution in [0.25, 0.3) is 0 Å². The van der Waals surface area contributed by atoms with Gasteiger partial charge in [0.1, 0.15) is 12.4 Å². The first kappa shape index (κ1) is 13.4. The van der Waals surface area contributed by atoms with Gasteiger partial charge in [-0.3, -0.25) is 4.98 Å². The first-order valence-corrected chi connectivity index (χ1v) is 6.54. The number of hydrogen-bond acceptors (Lipinski definition) is 3. The Kier molecular flexibility index (Phi) is 4.05. The van der Waals surface area contributed by atoms with Crippen molar-refractivity contribution in [3.05, 3.63) is 52.8 Å². The summed E-state index contributed by atoms with van der Waals surface area (Å²) in [5, 5.41) is 0. The molecule has 0 fully saturated rings. The third kappa shape index (κ3) is 3.05. The van der Waals surface area contributed by atoms with Gasteiger partial charge in [0.15, 0.2) is 0 Å². The molecule has 2 aromatic rings. The van der Waals surface area contributed by atoms with Gasteiger partial charge in [0.25, 0.3) is 0 Å². The van der Waals surface area contributed by atoms with Gasteiger partial charge in [-0.25, -0.2) is 0 Å². The molecule has 19 heavy (non-hydrogen) atoms. The maximum absolute atomic E-state index is 5.99. The summed E-state index contributed by atoms with van der Waals surface area (Å²) < 4.78 is 5.75. The Morgan fingerprint density at radius 2 is 1.84 bits per heavy atom. The van der Waals surface area contributed by atoms with E-state index in [4.69, 9.17) is 10.5 Å². The number of benzene rings is 1. The third-order valence-corrected chi connectivity index (χ3v) is 3.38. The molecule has 0 radical (unpaired) electrons. The van der Waals surface area contributed by atoms with Crippen molar-refractivity contribution < 1.29 is 4.74 Å². The summed E-state index contributed by atoms with van der Waals surface area (Å²) in [5.74, 6) is 0.859. The molecule has 1 heterocycles. The zero-order valence-corrected chi connectivity index (χ0v) is 11.7. The molecule has 2 N–H and O–H groups in total. The molecule has 0 saturated carbocycles. The van der Waals surface area contributed by atoms with Crippen molar-refractivity contribution in [2.24, 2.45) is 0 Å². The van der Waals surface area contributed by atoms with E-state index in [1.54, 1.807) is 6.20 Å². The molecule has 100 valence electrons. The smallest absolute Gasteiger partial charge is 0.131 e. The molecule has 0 spiro atoms. The second-order valence-corrected chi connectivity index (χ2v) is 4.71. The fourth-order valence-corrected chi connectivity index (χ4v) is 1.91. The summed E-state index contributed by atoms with van der Waals surface area (Å²) in [4.78, 5) is 4.38. The van der Waals surface area contributed by atoms with Crippen LogP contribution in [0.2, 0.25) is 0 Å². The second kappa shape index (κ2) is 5.74. The van der Waals surface area contributed by atoms with E-state index in [1.165, 1.54) is 5.56 Å². The van der Waals surface area contributed by atoms with E-state index >= 15 is 0 Å². The largest absolute Gasteiger partial charge is 0.487 e. The summed E-state index contributed by atoms with van der Waals surface area (Å²) in [6, 6.07) is 8.15. The Morgan fingerprint density at radius 1 is 1.16 bits per heavy atom. The normalized spacial score (nSPS) is 10.5. The lowest BCUT2D eigenvalue weighted by molar-refractivity contribution is 0.300. The summed E-state index contributed by atoms with van der Waals surface area (Å²) in [6.45, 7) is 6.53. The number of anilines is 1. The van der Waals surface area contributed by atoms with Crippen molar-refractivity contribution in [2.75, 3.05) is 5.73 Å². The Morgan fingerprint density at radius 3 is 2.47 bits per heavy atom. The van der Waals surface area contributed by atoms with Crippen molar-refractivity contribution in [3.8, 4) is 5.75 Å². The molecule has 0 atom stereocenters. The van der Waals surface area contributed by atoms with Crippen LogP contribution in [-0.2, 0) is 13.0 Å². The van der Waals surface area contributed by atoms with Crippen LogP contribution < -0.4 is 10.5 Å². The first-order chi connectivity index (χ1) is 9.11. The first-order valence-electron chi connectivity index (χ1n) is 6.54. The van der Waals surface area contributed by atoms with Crippen molar-refractivity contribution in [3.63, 3.8) is 0 Å². The van der Waals surface area contributed by atoms with Crippen molar-refractivity contribution in [2.45, 2.75) is 33.8 Å². The Labute approximate surface area is 114 Å². The number of aryl methyl sites for hydroxylation is 2. The van der Waals surface area contributed by atoms with E-state index < -0.39 is 0 Å². The Hall–Kier alpha value is -2.03. The van der Waals surface area contributed by atoms with Crippen LogP contribution in [-0.4, -0.2) is 4.98 Å². The fourth-order valence-electron chi connectivity index (χ4n) is 1.91. The minimum atomic E-state index is 0.446. The van der Waals surface area contributed by atoms with Crippen LogP contribution >= 0.6 is 0 Å². The number of pyridine rings is 1. The maximum atomic E-state index is 5.99. The molecule has 2 rings (SSSR count). The highest BCUT2D eigenvalue weighted by atomic mass is 16.5. The molecule has 0 bridgehead atoms. The number of aromatic nitrogens is 1. The van der Waals surface area contributed by atoms with Gasteiger partial charge in [0.05, 0.1) is 5.69 Å². The van der Waals surface area contributed by atoms with Gasteiger partial charge < -0.3 is 10.5 Å². The summed E-state index contributed by atoms with van der Waals surface area (Å²) >= 11 is 0. The second-order valence-electron chi connectivity index (χ2n) is 4.71. The lowest BCUT2D eigenvalue weighted by Crippen LogP contribution is -2.05. The topological polar surface area (TPSA) is 48.1 Å². The van der Waals surface area contributed by atoms with Crippen LogP contribution in [0.1, 0.15) is 29.3 Å². The average Bonchev–Trinajstić information content (AvgIpc) is 2.45. The molecule has 0 aliphatic rings. The number of nitrogens with two attached hydrogens (primary N) is 1. The molecule has 0 amide bonds. The van der Waals surface area contributed by atoms with Gasteiger partial charge in [-0.05, 0) is 49.1 Å². The third-order valence-electron chi connectivity index (χ3n) is 3.38. The van der Waals surface area contributed by atoms with E-state index in [0.717, 1.165) is 34.7 Å². The summed E-state index contributed by atoms with van der Waals surface area (Å²) in [5.41, 5.74) is 11.0. The fraction of sp³-hybridized carbons (Fsp3) is 0.312. The highest BCUT2D eigenvalue weighted by Gasteiger charge is 2.06. The van der Waals surface area contributed by atoms with E-state index in [1.807, 2.05) is 26.0 Å². The van der Waals surface area contributed by atoms with Gasteiger partial charge in [0.2, 0.25) is 0 Å². The minimum absolute atomic E-state index is 0.446. The number of hydrogen-bond donors (Lipinski definition) is 1. The minimum Gasteiger partial charge on any atom is -0.487 e. The van der Waals surface area contributed by atoms with E-state index in [2.05, 4.69) is 24.0 Å². The Balaban J connectivity index is 2.08. The number of ether oxygens (including phenoxy) is 1. The van der Waals surface area contributed by atoms with Gasteiger partial charge >= 0.3 is 0 Å². The summed E-state index contributed by atoms with van der Waals surface area (Å²) in [7, 11) is 0. The molecule has 3 nitrogen and oxygen atoms in total. The number of nitrogens with zero attached hydrogens (tertiary/aromatic N) is 1. The molecule has 0 saturated heterocycles. The highest BCUT2D eigenvalue weighted by Crippen LogP contribution is 2.20. The molecular weight excluding hydrogens is 236 g/mol. The van der Waals surface area contributed by atoms with Gasteiger partial charge in [-0.15, -0.1) is 0 Å². The molecule has 0 unspecified atom stereocenters. The lowest BCUT2D eigenvalue weighted by atomic mass is 10.1. The van der Waals surface area contributed by atoms with Crippen LogP contribution in [0.5, 0.6) is 5.75 Å². The van der Waals surface area contributed by atoms with Crippen LogP contribution in [0.3, 0.4) is 0 Å². The monoisotopic (exact) mass is 256 g/mol. The zero-order valence-electron chi connectivity index (χ0n) is 11.7. The molecule has 1 aromatic heterocycles. The van der Waals surface area contributed by atoms with Gasteiger partial charge in [-0.1, -0.05) is 19.1 Å². The van der Waals surface area contributed by atoms with E-state index in [0.29, 0.717) is 6.61 Å². The highest BCUT2D eigenvalue weighted by molar-refractivity contribution is 5.53. The molecule has 1 aromatic carbocycles. The van der Waals surface area contributed by atoms with Crippen LogP contribution in [0, 0.1) is 13.8 Å². The van der Waals surface area contributed by atoms with Gasteiger partial charge in [0, 0.05) is 11.9 Å². The summed E-state index contributed by atoms with van der Waals surface area (Å²) in [6.07, 6.45) is 2.83. The number of rotatable bonds is 4. The van der Waals surface area contributed by atoms with Crippen molar-refractivity contribution >= 4 is 5.69 Å². The molecular formula is C16H20N2O.